The highest BCUT2D eigenvalue weighted by Crippen LogP contribution is 2.31. The minimum absolute atomic E-state index is 0.130. The van der Waals surface area contributed by atoms with Crippen molar-refractivity contribution >= 4 is 27.1 Å². The van der Waals surface area contributed by atoms with Gasteiger partial charge in [-0.25, -0.2) is 8.42 Å². The van der Waals surface area contributed by atoms with E-state index in [1.165, 1.54) is 16.4 Å². The zero-order chi connectivity index (χ0) is 20.0. The molecular formula is C18H23N3O5S. The average molecular weight is 393 g/mol. The van der Waals surface area contributed by atoms with E-state index < -0.39 is 14.9 Å². The average Bonchev–Trinajstić information content (AvgIpc) is 2.64. The Hall–Kier alpha value is -2.65. The van der Waals surface area contributed by atoms with Crippen molar-refractivity contribution in [3.8, 4) is 5.75 Å². The van der Waals surface area contributed by atoms with Crippen molar-refractivity contribution < 1.29 is 18.1 Å². The maximum absolute atomic E-state index is 13.0. The third kappa shape index (κ3) is 4.75. The molecule has 0 heterocycles. The summed E-state index contributed by atoms with van der Waals surface area (Å²) in [7, 11) is -3.88. The molecule has 1 N–H and O–H groups in total. The first-order valence-corrected chi connectivity index (χ1v) is 10.1. The van der Waals surface area contributed by atoms with Gasteiger partial charge in [0, 0.05) is 30.9 Å². The fourth-order valence-corrected chi connectivity index (χ4v) is 4.23. The van der Waals surface area contributed by atoms with Gasteiger partial charge in [0.2, 0.25) is 10.0 Å². The highest BCUT2D eigenvalue weighted by molar-refractivity contribution is 7.89. The monoisotopic (exact) mass is 393 g/mol. The molecule has 0 atom stereocenters. The lowest BCUT2D eigenvalue weighted by molar-refractivity contribution is -0.385. The summed E-state index contributed by atoms with van der Waals surface area (Å²) in [5.74, 6) is 0.697. The Kier molecular flexibility index (Phi) is 6.75. The van der Waals surface area contributed by atoms with E-state index in [9.17, 15) is 18.5 Å². The molecule has 2 aromatic carbocycles. The van der Waals surface area contributed by atoms with Crippen molar-refractivity contribution in [3.05, 3.63) is 52.6 Å². The molecular weight excluding hydrogens is 370 g/mol. The van der Waals surface area contributed by atoms with Gasteiger partial charge in [-0.05, 0) is 37.3 Å². The Morgan fingerprint density at radius 3 is 2.22 bits per heavy atom. The number of sulfonamides is 1. The maximum atomic E-state index is 13.0. The van der Waals surface area contributed by atoms with Crippen LogP contribution in [0.4, 0.5) is 17.1 Å². The Balaban J connectivity index is 2.48. The molecule has 0 aliphatic heterocycles. The first kappa shape index (κ1) is 20.7. The summed E-state index contributed by atoms with van der Waals surface area (Å²) in [5.41, 5.74) is 0.637. The van der Waals surface area contributed by atoms with Gasteiger partial charge in [0.15, 0.2) is 0 Å². The van der Waals surface area contributed by atoms with Crippen LogP contribution < -0.4 is 10.1 Å². The first-order chi connectivity index (χ1) is 12.8. The van der Waals surface area contributed by atoms with Crippen LogP contribution in [0, 0.1) is 10.1 Å². The lowest BCUT2D eigenvalue weighted by Crippen LogP contribution is -2.31. The molecule has 0 aliphatic carbocycles. The van der Waals surface area contributed by atoms with Crippen LogP contribution in [0.15, 0.2) is 47.4 Å². The second kappa shape index (κ2) is 8.83. The normalized spacial score (nSPS) is 11.4. The Morgan fingerprint density at radius 1 is 1.07 bits per heavy atom. The van der Waals surface area contributed by atoms with E-state index >= 15 is 0 Å². The van der Waals surface area contributed by atoms with Gasteiger partial charge < -0.3 is 10.1 Å². The molecule has 8 nitrogen and oxygen atoms in total. The number of nitrogens with zero attached hydrogens (tertiary/aromatic N) is 2. The van der Waals surface area contributed by atoms with Crippen molar-refractivity contribution in [1.82, 2.24) is 4.31 Å². The van der Waals surface area contributed by atoms with Crippen molar-refractivity contribution in [3.63, 3.8) is 0 Å². The zero-order valence-corrected chi connectivity index (χ0v) is 16.3. The number of nitro benzene ring substituents is 1. The third-order valence-electron chi connectivity index (χ3n) is 3.94. The molecule has 0 saturated heterocycles. The summed E-state index contributed by atoms with van der Waals surface area (Å²) in [5, 5.41) is 14.2. The van der Waals surface area contributed by atoms with Gasteiger partial charge in [0.05, 0.1) is 17.2 Å². The SMILES string of the molecule is CCOc1ccc(Nc2ccc([N+](=O)[O-])cc2S(=O)(=O)N(CC)CC)cc1. The van der Waals surface area contributed by atoms with Crippen LogP contribution in [0.2, 0.25) is 0 Å². The molecule has 27 heavy (non-hydrogen) atoms. The van der Waals surface area contributed by atoms with Gasteiger partial charge in [-0.1, -0.05) is 13.8 Å². The van der Waals surface area contributed by atoms with Crippen molar-refractivity contribution in [2.45, 2.75) is 25.7 Å². The molecule has 9 heteroatoms. The van der Waals surface area contributed by atoms with Crippen molar-refractivity contribution in [2.75, 3.05) is 25.0 Å². The fraction of sp³-hybridized carbons (Fsp3) is 0.333. The third-order valence-corrected chi connectivity index (χ3v) is 6.03. The van der Waals surface area contributed by atoms with E-state index in [4.69, 9.17) is 4.74 Å². The molecule has 0 spiro atoms. The van der Waals surface area contributed by atoms with E-state index in [0.717, 1.165) is 6.07 Å². The highest BCUT2D eigenvalue weighted by Gasteiger charge is 2.27. The molecule has 0 unspecified atom stereocenters. The number of benzene rings is 2. The van der Waals surface area contributed by atoms with Crippen LogP contribution in [0.3, 0.4) is 0 Å². The molecule has 0 aliphatic rings. The van der Waals surface area contributed by atoms with Crippen LogP contribution in [0.5, 0.6) is 5.75 Å². The minimum Gasteiger partial charge on any atom is -0.494 e. The van der Waals surface area contributed by atoms with E-state index in [2.05, 4.69) is 5.32 Å². The predicted molar refractivity (Wildman–Crippen MR) is 104 cm³/mol. The van der Waals surface area contributed by atoms with Crippen molar-refractivity contribution in [2.24, 2.45) is 0 Å². The summed E-state index contributed by atoms with van der Waals surface area (Å²) in [4.78, 5) is 10.4. The van der Waals surface area contributed by atoms with E-state index in [1.54, 1.807) is 38.1 Å². The van der Waals surface area contributed by atoms with Crippen LogP contribution in [-0.2, 0) is 10.0 Å². The number of nitro groups is 1. The Bertz CT molecular complexity index is 894. The lowest BCUT2D eigenvalue weighted by atomic mass is 10.2. The van der Waals surface area contributed by atoms with E-state index in [-0.39, 0.29) is 29.4 Å². The topological polar surface area (TPSA) is 102 Å². The summed E-state index contributed by atoms with van der Waals surface area (Å²) < 4.78 is 32.6. The molecule has 146 valence electrons. The van der Waals surface area contributed by atoms with Crippen LogP contribution in [0.1, 0.15) is 20.8 Å². The molecule has 0 radical (unpaired) electrons. The highest BCUT2D eigenvalue weighted by atomic mass is 32.2. The van der Waals surface area contributed by atoms with Gasteiger partial charge in [0.1, 0.15) is 10.6 Å². The molecule has 0 saturated carbocycles. The number of ether oxygens (including phenoxy) is 1. The number of nitrogens with one attached hydrogen (secondary N) is 1. The van der Waals surface area contributed by atoms with Gasteiger partial charge in [-0.2, -0.15) is 4.31 Å². The second-order valence-corrected chi connectivity index (χ2v) is 7.52. The first-order valence-electron chi connectivity index (χ1n) is 8.61. The Labute approximate surface area is 159 Å². The quantitative estimate of drug-likeness (QED) is 0.514. The largest absolute Gasteiger partial charge is 0.494 e. The van der Waals surface area contributed by atoms with Crippen LogP contribution >= 0.6 is 0 Å². The van der Waals surface area contributed by atoms with Gasteiger partial charge >= 0.3 is 0 Å². The number of non-ortho nitro benzene ring substituents is 1. The number of rotatable bonds is 9. The lowest BCUT2D eigenvalue weighted by Gasteiger charge is -2.21. The standard InChI is InChI=1S/C18H23N3O5S/c1-4-20(5-2)27(24,25)18-13-15(21(22)23)9-12-17(18)19-14-7-10-16(11-8-14)26-6-3/h7-13,19H,4-6H2,1-3H3. The molecule has 0 bridgehead atoms. The summed E-state index contributed by atoms with van der Waals surface area (Å²) in [6, 6.07) is 10.8. The zero-order valence-electron chi connectivity index (χ0n) is 15.5. The van der Waals surface area contributed by atoms with Gasteiger partial charge in [0.25, 0.3) is 5.69 Å². The maximum Gasteiger partial charge on any atom is 0.270 e. The van der Waals surface area contributed by atoms with E-state index in [0.29, 0.717) is 18.0 Å². The minimum atomic E-state index is -3.88. The van der Waals surface area contributed by atoms with Gasteiger partial charge in [-0.3, -0.25) is 10.1 Å². The Morgan fingerprint density at radius 2 is 1.70 bits per heavy atom. The van der Waals surface area contributed by atoms with Crippen LogP contribution in [-0.4, -0.2) is 37.3 Å². The molecule has 2 aromatic rings. The summed E-state index contributed by atoms with van der Waals surface area (Å²) in [6.07, 6.45) is 0. The van der Waals surface area contributed by atoms with Crippen molar-refractivity contribution in [1.29, 1.82) is 0 Å². The molecule has 2 rings (SSSR count). The molecule has 0 fully saturated rings. The summed E-state index contributed by atoms with van der Waals surface area (Å²) in [6.45, 7) is 6.40. The van der Waals surface area contributed by atoms with Crippen LogP contribution in [0.25, 0.3) is 0 Å². The van der Waals surface area contributed by atoms with Gasteiger partial charge in [-0.15, -0.1) is 0 Å². The molecule has 0 amide bonds. The number of anilines is 2. The fourth-order valence-electron chi connectivity index (χ4n) is 2.60. The molecule has 0 aromatic heterocycles. The second-order valence-electron chi connectivity index (χ2n) is 5.61. The predicted octanol–water partition coefficient (Wildman–Crippen LogP) is 3.77. The van der Waals surface area contributed by atoms with E-state index in [1.807, 2.05) is 6.92 Å². The summed E-state index contributed by atoms with van der Waals surface area (Å²) >= 11 is 0. The smallest absolute Gasteiger partial charge is 0.270 e. The number of hydrogen-bond acceptors (Lipinski definition) is 6. The number of hydrogen-bond donors (Lipinski definition) is 1.